The van der Waals surface area contributed by atoms with E-state index in [0.29, 0.717) is 33.4 Å². The first kappa shape index (κ1) is 36.2. The summed E-state index contributed by atoms with van der Waals surface area (Å²) in [5.41, 5.74) is 13.6. The Balaban J connectivity index is 1.27. The molecule has 2 aromatic heterocycles. The fourth-order valence-electron chi connectivity index (χ4n) is 9.46. The van der Waals surface area contributed by atoms with Crippen molar-refractivity contribution < 1.29 is 0 Å². The van der Waals surface area contributed by atoms with E-state index in [0.717, 1.165) is 82.8 Å². The van der Waals surface area contributed by atoms with E-state index in [1.807, 2.05) is 91.0 Å². The van der Waals surface area contributed by atoms with Gasteiger partial charge in [-0.1, -0.05) is 146 Å². The smallest absolute Gasteiger partial charge is 0.100 e. The summed E-state index contributed by atoms with van der Waals surface area (Å²) in [6, 6.07) is 75.1. The largest absolute Gasteiger partial charge is 0.309 e. The van der Waals surface area contributed by atoms with E-state index in [9.17, 15) is 15.8 Å². The van der Waals surface area contributed by atoms with Crippen LogP contribution in [0.1, 0.15) is 16.7 Å². The Morgan fingerprint density at radius 3 is 1.27 bits per heavy atom. The van der Waals surface area contributed by atoms with Crippen LogP contribution in [0.15, 0.2) is 200 Å². The van der Waals surface area contributed by atoms with Crippen molar-refractivity contribution in [2.75, 3.05) is 0 Å². The Morgan fingerprint density at radius 2 is 0.774 bits per heavy atom. The highest BCUT2D eigenvalue weighted by Gasteiger charge is 2.27. The summed E-state index contributed by atoms with van der Waals surface area (Å²) in [7, 11) is 0. The molecule has 0 atom stereocenters. The lowest BCUT2D eigenvalue weighted by Gasteiger charge is -2.18. The fourth-order valence-corrected chi connectivity index (χ4v) is 9.46. The maximum Gasteiger partial charge on any atom is 0.100 e. The Morgan fingerprint density at radius 1 is 0.323 bits per heavy atom. The quantitative estimate of drug-likeness (QED) is 0.168. The monoisotopic (exact) mass is 787 g/mol. The van der Waals surface area contributed by atoms with Crippen molar-refractivity contribution in [3.63, 3.8) is 0 Å². The highest BCUT2D eigenvalue weighted by Crippen LogP contribution is 2.49. The van der Waals surface area contributed by atoms with E-state index < -0.39 is 0 Å². The number of hydrogen-bond donors (Lipinski definition) is 0. The number of hydrogen-bond acceptors (Lipinski definition) is 3. The molecule has 0 fully saturated rings. The zero-order valence-electron chi connectivity index (χ0n) is 33.3. The second-order valence-corrected chi connectivity index (χ2v) is 15.3. The lowest BCUT2D eigenvalue weighted by atomic mass is 9.83. The van der Waals surface area contributed by atoms with Crippen molar-refractivity contribution in [2.24, 2.45) is 0 Å². The van der Waals surface area contributed by atoms with E-state index in [2.05, 4.69) is 137 Å². The summed E-state index contributed by atoms with van der Waals surface area (Å²) >= 11 is 0. The molecule has 2 heterocycles. The van der Waals surface area contributed by atoms with Gasteiger partial charge in [-0.2, -0.15) is 15.8 Å². The highest BCUT2D eigenvalue weighted by atomic mass is 15.0. The highest BCUT2D eigenvalue weighted by molar-refractivity contribution is 6.28. The number of nitrogens with zero attached hydrogens (tertiary/aromatic N) is 5. The lowest BCUT2D eigenvalue weighted by Crippen LogP contribution is -1.99. The van der Waals surface area contributed by atoms with Crippen molar-refractivity contribution in [3.05, 3.63) is 217 Å². The van der Waals surface area contributed by atoms with E-state index in [4.69, 9.17) is 0 Å². The third kappa shape index (κ3) is 5.53. The standard InChI is InChI=1S/C57H33N5/c58-34-40-31-39(47-32-46(37-17-5-1-6-18-37)48(35-59)54(49(47)36-60)38-19-7-2-8-20-38)29-30-43(40)57-55-44-25-13-15-27-50(44)61(41-21-9-3-10-22-41)52(55)33-53-56(57)45-26-14-16-28-51(45)62(53)42-23-11-4-12-24-42/h1-33H. The van der Waals surface area contributed by atoms with Gasteiger partial charge in [0.2, 0.25) is 0 Å². The molecule has 62 heavy (non-hydrogen) atoms. The maximum absolute atomic E-state index is 11.3. The van der Waals surface area contributed by atoms with Gasteiger partial charge < -0.3 is 9.13 Å². The average molecular weight is 788 g/mol. The van der Waals surface area contributed by atoms with Crippen LogP contribution >= 0.6 is 0 Å². The molecule has 0 spiro atoms. The zero-order chi connectivity index (χ0) is 41.7. The molecule has 0 aliphatic rings. The third-order valence-electron chi connectivity index (χ3n) is 12.0. The molecular weight excluding hydrogens is 755 g/mol. The fraction of sp³-hybridized carbons (Fsp3) is 0. The van der Waals surface area contributed by atoms with Gasteiger partial charge in [-0.25, -0.2) is 0 Å². The van der Waals surface area contributed by atoms with Crippen LogP contribution in [0.2, 0.25) is 0 Å². The second kappa shape index (κ2) is 14.7. The van der Waals surface area contributed by atoms with Crippen LogP contribution in [0, 0.1) is 34.0 Å². The number of nitriles is 3. The van der Waals surface area contributed by atoms with Crippen molar-refractivity contribution in [1.82, 2.24) is 9.13 Å². The van der Waals surface area contributed by atoms with Gasteiger partial charge in [0.15, 0.2) is 0 Å². The molecule has 0 aliphatic heterocycles. The SMILES string of the molecule is N#Cc1cc(-c2cc(-c3ccccc3)c(C#N)c(-c3ccccc3)c2C#N)ccc1-c1c2c3ccccc3n(-c3ccccc3)c2cc2c1c1ccccc1n2-c1ccccc1. The molecule has 0 saturated heterocycles. The summed E-state index contributed by atoms with van der Waals surface area (Å²) in [6.45, 7) is 0. The van der Waals surface area contributed by atoms with Gasteiger partial charge in [-0.3, -0.25) is 0 Å². The van der Waals surface area contributed by atoms with Crippen molar-refractivity contribution in [2.45, 2.75) is 0 Å². The summed E-state index contributed by atoms with van der Waals surface area (Å²) in [5, 5.41) is 37.2. The third-order valence-corrected chi connectivity index (χ3v) is 12.0. The van der Waals surface area contributed by atoms with Crippen LogP contribution in [0.3, 0.4) is 0 Å². The molecule has 11 rings (SSSR count). The maximum atomic E-state index is 11.3. The first-order chi connectivity index (χ1) is 30.7. The van der Waals surface area contributed by atoms with Crippen LogP contribution in [-0.4, -0.2) is 9.13 Å². The van der Waals surface area contributed by atoms with Crippen LogP contribution in [0.5, 0.6) is 0 Å². The van der Waals surface area contributed by atoms with Crippen LogP contribution in [0.4, 0.5) is 0 Å². The number of fused-ring (bicyclic) bond motifs is 6. The number of rotatable bonds is 6. The first-order valence-electron chi connectivity index (χ1n) is 20.5. The zero-order valence-corrected chi connectivity index (χ0v) is 33.3. The molecular formula is C57H33N5. The van der Waals surface area contributed by atoms with Gasteiger partial charge in [0, 0.05) is 60.7 Å². The van der Waals surface area contributed by atoms with Crippen LogP contribution in [-0.2, 0) is 0 Å². The van der Waals surface area contributed by atoms with Gasteiger partial charge in [-0.15, -0.1) is 0 Å². The minimum absolute atomic E-state index is 0.380. The topological polar surface area (TPSA) is 81.2 Å². The second-order valence-electron chi connectivity index (χ2n) is 15.3. The molecule has 5 heteroatoms. The van der Waals surface area contributed by atoms with Gasteiger partial charge >= 0.3 is 0 Å². The molecule has 9 aromatic carbocycles. The molecule has 0 saturated carbocycles. The Bertz CT molecular complexity index is 3560. The van der Waals surface area contributed by atoms with E-state index >= 15 is 0 Å². The summed E-state index contributed by atoms with van der Waals surface area (Å²) in [4.78, 5) is 0. The van der Waals surface area contributed by atoms with Gasteiger partial charge in [-0.05, 0) is 71.3 Å². The van der Waals surface area contributed by atoms with E-state index in [1.54, 1.807) is 0 Å². The van der Waals surface area contributed by atoms with Crippen molar-refractivity contribution >= 4 is 43.6 Å². The molecule has 0 N–H and O–H groups in total. The molecule has 5 nitrogen and oxygen atoms in total. The summed E-state index contributed by atoms with van der Waals surface area (Å²) < 4.78 is 4.65. The summed E-state index contributed by atoms with van der Waals surface area (Å²) in [5.74, 6) is 0. The minimum Gasteiger partial charge on any atom is -0.309 e. The molecule has 0 unspecified atom stereocenters. The predicted octanol–water partition coefficient (Wildman–Crippen LogP) is 14.2. The molecule has 0 aliphatic carbocycles. The Hall–Kier alpha value is -8.95. The first-order valence-corrected chi connectivity index (χ1v) is 20.5. The molecule has 0 radical (unpaired) electrons. The Kier molecular flexibility index (Phi) is 8.57. The van der Waals surface area contributed by atoms with Crippen molar-refractivity contribution in [1.29, 1.82) is 15.8 Å². The van der Waals surface area contributed by atoms with Crippen LogP contribution in [0.25, 0.3) is 99.5 Å². The average Bonchev–Trinajstić information content (AvgIpc) is 3.86. The number of para-hydroxylation sites is 4. The predicted molar refractivity (Wildman–Crippen MR) is 251 cm³/mol. The van der Waals surface area contributed by atoms with E-state index in [1.165, 1.54) is 0 Å². The minimum atomic E-state index is 0.380. The van der Waals surface area contributed by atoms with Crippen molar-refractivity contribution in [3.8, 4) is 74.1 Å². The molecule has 11 aromatic rings. The van der Waals surface area contributed by atoms with Crippen LogP contribution < -0.4 is 0 Å². The molecule has 0 bridgehead atoms. The molecule has 286 valence electrons. The number of benzene rings is 9. The Labute approximate surface area is 358 Å². The van der Waals surface area contributed by atoms with E-state index in [-0.39, 0.29) is 0 Å². The van der Waals surface area contributed by atoms with Gasteiger partial charge in [0.25, 0.3) is 0 Å². The molecule has 0 amide bonds. The number of aromatic nitrogens is 2. The normalized spacial score (nSPS) is 11.2. The van der Waals surface area contributed by atoms with Gasteiger partial charge in [0.05, 0.1) is 44.8 Å². The lowest BCUT2D eigenvalue weighted by molar-refractivity contribution is 1.16. The summed E-state index contributed by atoms with van der Waals surface area (Å²) in [6.07, 6.45) is 0. The van der Waals surface area contributed by atoms with Gasteiger partial charge in [0.1, 0.15) is 12.1 Å².